The Morgan fingerprint density at radius 2 is 1.68 bits per heavy atom. The van der Waals surface area contributed by atoms with E-state index in [2.05, 4.69) is 10.6 Å². The van der Waals surface area contributed by atoms with Crippen LogP contribution in [0.25, 0.3) is 0 Å². The van der Waals surface area contributed by atoms with Gasteiger partial charge in [-0.2, -0.15) is 0 Å². The second-order valence-corrected chi connectivity index (χ2v) is 5.97. The molecule has 5 heteroatoms. The highest BCUT2D eigenvalue weighted by atomic mass is 16.5. The van der Waals surface area contributed by atoms with Crippen LogP contribution in [0.4, 0.5) is 4.79 Å². The number of para-hydroxylation sites is 2. The summed E-state index contributed by atoms with van der Waals surface area (Å²) in [6.07, 6.45) is 0.770. The highest BCUT2D eigenvalue weighted by molar-refractivity contribution is 5.74. The van der Waals surface area contributed by atoms with Crippen molar-refractivity contribution in [1.29, 1.82) is 0 Å². The second-order valence-electron chi connectivity index (χ2n) is 5.97. The van der Waals surface area contributed by atoms with E-state index < -0.39 is 0 Å². The maximum absolute atomic E-state index is 12.2. The number of amides is 2. The van der Waals surface area contributed by atoms with Gasteiger partial charge in [0.1, 0.15) is 11.5 Å². The van der Waals surface area contributed by atoms with E-state index in [1.54, 1.807) is 7.11 Å². The largest absolute Gasteiger partial charge is 0.457 e. The van der Waals surface area contributed by atoms with Gasteiger partial charge in [0.25, 0.3) is 0 Å². The van der Waals surface area contributed by atoms with Crippen LogP contribution in [0.5, 0.6) is 11.5 Å². The molecule has 0 aliphatic carbocycles. The van der Waals surface area contributed by atoms with Crippen molar-refractivity contribution in [3.63, 3.8) is 0 Å². The molecule has 2 unspecified atom stereocenters. The molecule has 25 heavy (non-hydrogen) atoms. The van der Waals surface area contributed by atoms with E-state index in [-0.39, 0.29) is 18.1 Å². The number of nitrogens with one attached hydrogen (secondary N) is 2. The average molecular weight is 342 g/mol. The van der Waals surface area contributed by atoms with Crippen LogP contribution >= 0.6 is 0 Å². The van der Waals surface area contributed by atoms with Crippen molar-refractivity contribution in [3.05, 3.63) is 60.2 Å². The standard InChI is InChI=1S/C20H26N2O3/c1-15(13-14-24-3)21-20(23)22-16(2)18-11-7-8-12-19(18)25-17-9-5-4-6-10-17/h4-12,15-16H,13-14H2,1-3H3,(H2,21,22,23). The Kier molecular flexibility index (Phi) is 7.29. The van der Waals surface area contributed by atoms with Gasteiger partial charge in [-0.05, 0) is 38.5 Å². The van der Waals surface area contributed by atoms with Gasteiger partial charge in [0.2, 0.25) is 0 Å². The van der Waals surface area contributed by atoms with Crippen molar-refractivity contribution in [2.45, 2.75) is 32.4 Å². The van der Waals surface area contributed by atoms with Crippen LogP contribution in [0.2, 0.25) is 0 Å². The van der Waals surface area contributed by atoms with Gasteiger partial charge in [0.05, 0.1) is 6.04 Å². The fraction of sp³-hybridized carbons (Fsp3) is 0.350. The summed E-state index contributed by atoms with van der Waals surface area (Å²) in [4.78, 5) is 12.2. The number of hydrogen-bond acceptors (Lipinski definition) is 3. The van der Waals surface area contributed by atoms with Crippen LogP contribution in [0.1, 0.15) is 31.9 Å². The zero-order valence-corrected chi connectivity index (χ0v) is 15.0. The molecule has 0 aromatic heterocycles. The van der Waals surface area contributed by atoms with Gasteiger partial charge >= 0.3 is 6.03 Å². The second kappa shape index (κ2) is 9.69. The van der Waals surface area contributed by atoms with E-state index in [4.69, 9.17) is 9.47 Å². The molecule has 0 heterocycles. The van der Waals surface area contributed by atoms with Crippen LogP contribution < -0.4 is 15.4 Å². The summed E-state index contributed by atoms with van der Waals surface area (Å²) in [6, 6.07) is 17.0. The fourth-order valence-corrected chi connectivity index (χ4v) is 2.45. The van der Waals surface area contributed by atoms with Gasteiger partial charge in [-0.1, -0.05) is 36.4 Å². The lowest BCUT2D eigenvalue weighted by atomic mass is 10.1. The predicted octanol–water partition coefficient (Wildman–Crippen LogP) is 4.26. The van der Waals surface area contributed by atoms with Gasteiger partial charge in [-0.3, -0.25) is 0 Å². The summed E-state index contributed by atoms with van der Waals surface area (Å²) in [5.74, 6) is 1.49. The Morgan fingerprint density at radius 3 is 2.40 bits per heavy atom. The van der Waals surface area contributed by atoms with Crippen LogP contribution in [-0.2, 0) is 4.74 Å². The predicted molar refractivity (Wildman–Crippen MR) is 99.0 cm³/mol. The van der Waals surface area contributed by atoms with Crippen molar-refractivity contribution >= 4 is 6.03 Å². The van der Waals surface area contributed by atoms with Crippen LogP contribution in [0.3, 0.4) is 0 Å². The Bertz CT molecular complexity index is 661. The van der Waals surface area contributed by atoms with Crippen molar-refractivity contribution < 1.29 is 14.3 Å². The van der Waals surface area contributed by atoms with E-state index in [0.717, 1.165) is 23.5 Å². The number of hydrogen-bond donors (Lipinski definition) is 2. The van der Waals surface area contributed by atoms with Crippen LogP contribution in [0.15, 0.2) is 54.6 Å². The molecule has 0 bridgehead atoms. The Morgan fingerprint density at radius 1 is 1.00 bits per heavy atom. The number of ether oxygens (including phenoxy) is 2. The third-order valence-electron chi connectivity index (χ3n) is 3.84. The van der Waals surface area contributed by atoms with E-state index in [1.165, 1.54) is 0 Å². The molecule has 0 spiro atoms. The van der Waals surface area contributed by atoms with E-state index in [1.807, 2.05) is 68.4 Å². The molecule has 0 radical (unpaired) electrons. The van der Waals surface area contributed by atoms with Gasteiger partial charge < -0.3 is 20.1 Å². The minimum atomic E-state index is -0.203. The van der Waals surface area contributed by atoms with E-state index >= 15 is 0 Å². The number of methoxy groups -OCH3 is 1. The number of benzene rings is 2. The highest BCUT2D eigenvalue weighted by Gasteiger charge is 2.15. The molecule has 0 aliphatic heterocycles. The molecule has 2 aromatic rings. The monoisotopic (exact) mass is 342 g/mol. The summed E-state index contributed by atoms with van der Waals surface area (Å²) in [7, 11) is 1.65. The molecule has 0 fully saturated rings. The van der Waals surface area contributed by atoms with E-state index in [9.17, 15) is 4.79 Å². The summed E-state index contributed by atoms with van der Waals surface area (Å²) in [5.41, 5.74) is 0.922. The number of rotatable bonds is 8. The summed E-state index contributed by atoms with van der Waals surface area (Å²) < 4.78 is 11.0. The molecule has 2 amide bonds. The topological polar surface area (TPSA) is 59.6 Å². The van der Waals surface area contributed by atoms with Gasteiger partial charge in [0.15, 0.2) is 0 Å². The first-order valence-corrected chi connectivity index (χ1v) is 8.48. The van der Waals surface area contributed by atoms with Crippen molar-refractivity contribution in [2.24, 2.45) is 0 Å². The smallest absolute Gasteiger partial charge is 0.315 e. The lowest BCUT2D eigenvalue weighted by Gasteiger charge is -2.20. The fourth-order valence-electron chi connectivity index (χ4n) is 2.45. The molecular formula is C20H26N2O3. The number of carbonyl (C=O) groups excluding carboxylic acids is 1. The summed E-state index contributed by atoms with van der Waals surface area (Å²) in [5, 5.41) is 5.87. The molecule has 5 nitrogen and oxygen atoms in total. The van der Waals surface area contributed by atoms with Crippen molar-refractivity contribution in [2.75, 3.05) is 13.7 Å². The first-order chi connectivity index (χ1) is 12.1. The summed E-state index contributed by atoms with van der Waals surface area (Å²) >= 11 is 0. The minimum absolute atomic E-state index is 0.0444. The van der Waals surface area contributed by atoms with Gasteiger partial charge in [-0.25, -0.2) is 4.79 Å². The third-order valence-corrected chi connectivity index (χ3v) is 3.84. The normalized spacial score (nSPS) is 12.9. The van der Waals surface area contributed by atoms with Gasteiger partial charge in [-0.15, -0.1) is 0 Å². The maximum atomic E-state index is 12.2. The lowest BCUT2D eigenvalue weighted by Crippen LogP contribution is -2.42. The first kappa shape index (κ1) is 18.8. The quantitative estimate of drug-likeness (QED) is 0.753. The average Bonchev–Trinajstić information content (AvgIpc) is 2.61. The molecule has 134 valence electrons. The molecule has 2 rings (SSSR count). The SMILES string of the molecule is COCCC(C)NC(=O)NC(C)c1ccccc1Oc1ccccc1. The Balaban J connectivity index is 1.99. The Labute approximate surface area is 149 Å². The highest BCUT2D eigenvalue weighted by Crippen LogP contribution is 2.29. The van der Waals surface area contributed by atoms with Crippen molar-refractivity contribution in [3.8, 4) is 11.5 Å². The minimum Gasteiger partial charge on any atom is -0.457 e. The molecule has 2 N–H and O–H groups in total. The van der Waals surface area contributed by atoms with E-state index in [0.29, 0.717) is 6.61 Å². The zero-order valence-electron chi connectivity index (χ0n) is 15.0. The first-order valence-electron chi connectivity index (χ1n) is 8.48. The maximum Gasteiger partial charge on any atom is 0.315 e. The van der Waals surface area contributed by atoms with Crippen molar-refractivity contribution in [1.82, 2.24) is 10.6 Å². The lowest BCUT2D eigenvalue weighted by molar-refractivity contribution is 0.183. The third kappa shape index (κ3) is 6.12. The summed E-state index contributed by atoms with van der Waals surface area (Å²) in [6.45, 7) is 4.51. The van der Waals surface area contributed by atoms with Crippen LogP contribution in [0, 0.1) is 0 Å². The molecule has 2 aromatic carbocycles. The molecule has 0 aliphatic rings. The zero-order chi connectivity index (χ0) is 18.1. The molecular weight excluding hydrogens is 316 g/mol. The van der Waals surface area contributed by atoms with Crippen LogP contribution in [-0.4, -0.2) is 25.8 Å². The molecule has 2 atom stereocenters. The number of urea groups is 1. The molecule has 0 saturated carbocycles. The van der Waals surface area contributed by atoms with Gasteiger partial charge in [0, 0.05) is 25.3 Å². The molecule has 0 saturated heterocycles. The Hall–Kier alpha value is -2.53. The number of carbonyl (C=O) groups is 1.